The number of aromatic amines is 1. The molecule has 1 aromatic carbocycles. The van der Waals surface area contributed by atoms with E-state index in [0.717, 1.165) is 29.8 Å². The van der Waals surface area contributed by atoms with Crippen LogP contribution in [0.4, 0.5) is 0 Å². The third kappa shape index (κ3) is 4.49. The van der Waals surface area contributed by atoms with Crippen LogP contribution in [0.25, 0.3) is 0 Å². The van der Waals surface area contributed by atoms with Crippen LogP contribution in [0.2, 0.25) is 0 Å². The van der Waals surface area contributed by atoms with Crippen LogP contribution < -0.4 is 10.6 Å². The summed E-state index contributed by atoms with van der Waals surface area (Å²) in [5, 5.41) is 13.5. The lowest BCUT2D eigenvalue weighted by atomic mass is 10.0. The number of methoxy groups -OCH3 is 1. The average Bonchev–Trinajstić information content (AvgIpc) is 3.11. The van der Waals surface area contributed by atoms with Gasteiger partial charge in [-0.05, 0) is 18.4 Å². The Morgan fingerprint density at radius 3 is 2.88 bits per heavy atom. The minimum absolute atomic E-state index is 0.173. The summed E-state index contributed by atoms with van der Waals surface area (Å²) in [7, 11) is 1.37. The molecule has 0 radical (unpaired) electrons. The molecular weight excluding hydrogens is 332 g/mol. The van der Waals surface area contributed by atoms with E-state index in [-0.39, 0.29) is 24.3 Å². The van der Waals surface area contributed by atoms with Gasteiger partial charge in [0.15, 0.2) is 5.69 Å². The van der Waals surface area contributed by atoms with Crippen molar-refractivity contribution < 1.29 is 14.3 Å². The van der Waals surface area contributed by atoms with Gasteiger partial charge in [0.25, 0.3) is 5.91 Å². The molecule has 1 aromatic heterocycles. The monoisotopic (exact) mass is 356 g/mol. The zero-order valence-electron chi connectivity index (χ0n) is 14.9. The number of amides is 1. The highest BCUT2D eigenvalue weighted by Gasteiger charge is 2.24. The number of carbonyl (C=O) groups is 2. The standard InChI is InChI=1S/C19H24N4O3/c1-26-17(24)8-7-14(11-13-5-3-2-4-6-13)21-19(25)18-15-12-20-10-9-16(15)22-23-18/h2-6,14,20H,7-12H2,1H3,(H,21,25)(H,22,23). The fraction of sp³-hybridized carbons (Fsp3) is 0.421. The molecule has 7 heteroatoms. The predicted molar refractivity (Wildman–Crippen MR) is 96.6 cm³/mol. The summed E-state index contributed by atoms with van der Waals surface area (Å²) in [5.41, 5.74) is 3.49. The second-order valence-electron chi connectivity index (χ2n) is 6.43. The van der Waals surface area contributed by atoms with Gasteiger partial charge in [0.1, 0.15) is 0 Å². The van der Waals surface area contributed by atoms with Gasteiger partial charge in [0.05, 0.1) is 7.11 Å². The van der Waals surface area contributed by atoms with E-state index < -0.39 is 0 Å². The van der Waals surface area contributed by atoms with Crippen LogP contribution in [0.15, 0.2) is 30.3 Å². The second-order valence-corrected chi connectivity index (χ2v) is 6.43. The van der Waals surface area contributed by atoms with Gasteiger partial charge in [-0.1, -0.05) is 30.3 Å². The second kappa shape index (κ2) is 8.62. The number of esters is 1. The highest BCUT2D eigenvalue weighted by Crippen LogP contribution is 2.16. The van der Waals surface area contributed by atoms with Gasteiger partial charge in [-0.3, -0.25) is 14.7 Å². The summed E-state index contributed by atoms with van der Waals surface area (Å²) < 4.78 is 4.73. The third-order valence-electron chi connectivity index (χ3n) is 4.61. The van der Waals surface area contributed by atoms with E-state index in [1.54, 1.807) is 0 Å². The number of hydrogen-bond acceptors (Lipinski definition) is 5. The maximum absolute atomic E-state index is 12.8. The number of nitrogens with zero attached hydrogens (tertiary/aromatic N) is 1. The molecule has 0 fully saturated rings. The van der Waals surface area contributed by atoms with Crippen molar-refractivity contribution in [2.75, 3.05) is 13.7 Å². The number of aromatic nitrogens is 2. The van der Waals surface area contributed by atoms with Gasteiger partial charge in [-0.25, -0.2) is 0 Å². The Bertz CT molecular complexity index is 757. The third-order valence-corrected chi connectivity index (χ3v) is 4.61. The molecule has 7 nitrogen and oxygen atoms in total. The van der Waals surface area contributed by atoms with E-state index in [2.05, 4.69) is 20.8 Å². The number of benzene rings is 1. The SMILES string of the molecule is COC(=O)CCC(Cc1ccccc1)NC(=O)c1n[nH]c2c1CNCC2. The van der Waals surface area contributed by atoms with Crippen LogP contribution in [0.1, 0.15) is 40.2 Å². The van der Waals surface area contributed by atoms with Crippen molar-refractivity contribution in [1.29, 1.82) is 0 Å². The first-order valence-electron chi connectivity index (χ1n) is 8.86. The molecule has 3 N–H and O–H groups in total. The zero-order valence-corrected chi connectivity index (χ0v) is 14.9. The Hall–Kier alpha value is -2.67. The largest absolute Gasteiger partial charge is 0.469 e. The Balaban J connectivity index is 1.70. The molecule has 26 heavy (non-hydrogen) atoms. The topological polar surface area (TPSA) is 96.1 Å². The lowest BCUT2D eigenvalue weighted by Crippen LogP contribution is -2.38. The van der Waals surface area contributed by atoms with Gasteiger partial charge < -0.3 is 15.4 Å². The van der Waals surface area contributed by atoms with Crippen LogP contribution in [-0.2, 0) is 28.9 Å². The fourth-order valence-corrected chi connectivity index (χ4v) is 3.18. The maximum atomic E-state index is 12.8. The summed E-state index contributed by atoms with van der Waals surface area (Å²) >= 11 is 0. The summed E-state index contributed by atoms with van der Waals surface area (Å²) in [6.45, 7) is 1.52. The number of H-pyrrole nitrogens is 1. The summed E-state index contributed by atoms with van der Waals surface area (Å²) in [6, 6.07) is 9.73. The van der Waals surface area contributed by atoms with E-state index in [9.17, 15) is 9.59 Å². The van der Waals surface area contributed by atoms with Crippen molar-refractivity contribution >= 4 is 11.9 Å². The predicted octanol–water partition coefficient (Wildman–Crippen LogP) is 1.35. The Labute approximate surface area is 152 Å². The van der Waals surface area contributed by atoms with Crippen LogP contribution in [0, 0.1) is 0 Å². The quantitative estimate of drug-likeness (QED) is 0.651. The Kier molecular flexibility index (Phi) is 6.01. The first-order valence-corrected chi connectivity index (χ1v) is 8.86. The molecule has 2 heterocycles. The van der Waals surface area contributed by atoms with Crippen LogP contribution >= 0.6 is 0 Å². The summed E-state index contributed by atoms with van der Waals surface area (Å²) in [5.74, 6) is -0.490. The molecule has 1 atom stereocenters. The molecule has 1 aliphatic rings. The van der Waals surface area contributed by atoms with E-state index >= 15 is 0 Å². The molecular formula is C19H24N4O3. The van der Waals surface area contributed by atoms with Crippen LogP contribution in [-0.4, -0.2) is 41.8 Å². The molecule has 138 valence electrons. The number of fused-ring (bicyclic) bond motifs is 1. The van der Waals surface area contributed by atoms with Crippen molar-refractivity contribution in [3.8, 4) is 0 Å². The van der Waals surface area contributed by atoms with Gasteiger partial charge in [0.2, 0.25) is 0 Å². The molecule has 2 aromatic rings. The Morgan fingerprint density at radius 1 is 1.31 bits per heavy atom. The number of rotatable bonds is 7. The smallest absolute Gasteiger partial charge is 0.305 e. The number of ether oxygens (including phenoxy) is 1. The molecule has 0 bridgehead atoms. The fourth-order valence-electron chi connectivity index (χ4n) is 3.18. The first kappa shape index (κ1) is 18.1. The minimum Gasteiger partial charge on any atom is -0.469 e. The molecule has 0 saturated heterocycles. The van der Waals surface area contributed by atoms with Gasteiger partial charge >= 0.3 is 5.97 Å². The number of carbonyl (C=O) groups excluding carboxylic acids is 2. The number of nitrogens with one attached hydrogen (secondary N) is 3. The Morgan fingerprint density at radius 2 is 2.12 bits per heavy atom. The lowest BCUT2D eigenvalue weighted by Gasteiger charge is -2.19. The van der Waals surface area contributed by atoms with Crippen molar-refractivity contribution in [2.45, 2.75) is 38.3 Å². The van der Waals surface area contributed by atoms with Crippen LogP contribution in [0.3, 0.4) is 0 Å². The minimum atomic E-state index is -0.279. The lowest BCUT2D eigenvalue weighted by molar-refractivity contribution is -0.140. The van der Waals surface area contributed by atoms with Crippen molar-refractivity contribution in [1.82, 2.24) is 20.8 Å². The highest BCUT2D eigenvalue weighted by molar-refractivity contribution is 5.94. The zero-order chi connectivity index (χ0) is 18.4. The molecule has 0 aliphatic carbocycles. The highest BCUT2D eigenvalue weighted by atomic mass is 16.5. The van der Waals surface area contributed by atoms with Crippen molar-refractivity contribution in [3.63, 3.8) is 0 Å². The van der Waals surface area contributed by atoms with Crippen molar-refractivity contribution in [2.24, 2.45) is 0 Å². The number of hydrogen-bond donors (Lipinski definition) is 3. The van der Waals surface area contributed by atoms with Gasteiger partial charge in [-0.15, -0.1) is 0 Å². The van der Waals surface area contributed by atoms with E-state index in [1.165, 1.54) is 7.11 Å². The molecule has 1 aliphatic heterocycles. The molecule has 0 saturated carbocycles. The molecule has 1 unspecified atom stereocenters. The molecule has 3 rings (SSSR count). The van der Waals surface area contributed by atoms with Gasteiger partial charge in [-0.2, -0.15) is 5.10 Å². The maximum Gasteiger partial charge on any atom is 0.305 e. The van der Waals surface area contributed by atoms with E-state index in [4.69, 9.17) is 4.74 Å². The summed E-state index contributed by atoms with van der Waals surface area (Å²) in [4.78, 5) is 24.3. The van der Waals surface area contributed by atoms with E-state index in [0.29, 0.717) is 25.1 Å². The average molecular weight is 356 g/mol. The molecule has 0 spiro atoms. The van der Waals surface area contributed by atoms with Crippen LogP contribution in [0.5, 0.6) is 0 Å². The van der Waals surface area contributed by atoms with Crippen molar-refractivity contribution in [3.05, 3.63) is 52.8 Å². The molecule has 1 amide bonds. The van der Waals surface area contributed by atoms with E-state index in [1.807, 2.05) is 30.3 Å². The summed E-state index contributed by atoms with van der Waals surface area (Å²) in [6.07, 6.45) is 2.26. The normalized spacial score (nSPS) is 14.3. The first-order chi connectivity index (χ1) is 12.7. The van der Waals surface area contributed by atoms with Gasteiger partial charge in [0, 0.05) is 43.2 Å².